The molecular weight excluding hydrogens is 372 g/mol. The van der Waals surface area contributed by atoms with Gasteiger partial charge in [-0.05, 0) is 37.3 Å². The van der Waals surface area contributed by atoms with Crippen LogP contribution in [0, 0.1) is 0 Å². The van der Waals surface area contributed by atoms with Crippen LogP contribution in [0.5, 0.6) is 5.75 Å². The van der Waals surface area contributed by atoms with Crippen molar-refractivity contribution >= 4 is 39.3 Å². The number of para-hydroxylation sites is 1. The third-order valence-electron chi connectivity index (χ3n) is 3.88. The van der Waals surface area contributed by atoms with Gasteiger partial charge in [0.2, 0.25) is 5.91 Å². The molecule has 0 saturated carbocycles. The molecule has 5 nitrogen and oxygen atoms in total. The molecule has 0 bridgehead atoms. The standard InChI is InChI=1S/C18H17BrN2O3/c1-12-11-20(18(23)24-15-6-4-3-5-7-15)17-10-14(19)8-9-16(17)21(12)13(2)22/h3-10,12H,11H2,1-2H3. The fraction of sp³-hybridized carbons (Fsp3) is 0.222. The van der Waals surface area contributed by atoms with Gasteiger partial charge in [-0.3, -0.25) is 9.69 Å². The zero-order valence-corrected chi connectivity index (χ0v) is 15.0. The minimum absolute atomic E-state index is 0.0536. The van der Waals surface area contributed by atoms with E-state index in [9.17, 15) is 9.59 Å². The van der Waals surface area contributed by atoms with E-state index in [0.717, 1.165) is 4.47 Å². The van der Waals surface area contributed by atoms with Crippen molar-refractivity contribution in [2.45, 2.75) is 19.9 Å². The number of carbonyl (C=O) groups excluding carboxylic acids is 2. The smallest absolute Gasteiger partial charge is 0.410 e. The molecule has 2 amide bonds. The van der Waals surface area contributed by atoms with Crippen LogP contribution in [0.1, 0.15) is 13.8 Å². The highest BCUT2D eigenvalue weighted by Crippen LogP contribution is 2.38. The number of anilines is 2. The molecule has 1 atom stereocenters. The van der Waals surface area contributed by atoms with Crippen molar-refractivity contribution < 1.29 is 14.3 Å². The van der Waals surface area contributed by atoms with Gasteiger partial charge in [0.25, 0.3) is 0 Å². The second-order valence-electron chi connectivity index (χ2n) is 5.66. The lowest BCUT2D eigenvalue weighted by Gasteiger charge is -2.40. The van der Waals surface area contributed by atoms with E-state index >= 15 is 0 Å². The first kappa shape index (κ1) is 16.5. The number of nitrogens with zero attached hydrogens (tertiary/aromatic N) is 2. The van der Waals surface area contributed by atoms with Crippen molar-refractivity contribution in [1.82, 2.24) is 0 Å². The van der Waals surface area contributed by atoms with Crippen molar-refractivity contribution in [3.8, 4) is 5.75 Å². The minimum Gasteiger partial charge on any atom is -0.410 e. The van der Waals surface area contributed by atoms with Crippen LogP contribution in [-0.4, -0.2) is 24.6 Å². The summed E-state index contributed by atoms with van der Waals surface area (Å²) in [7, 11) is 0. The maximum absolute atomic E-state index is 12.6. The minimum atomic E-state index is -0.462. The molecule has 3 rings (SSSR count). The predicted octanol–water partition coefficient (Wildman–Crippen LogP) is 4.21. The molecule has 2 aromatic carbocycles. The van der Waals surface area contributed by atoms with Crippen LogP contribution in [-0.2, 0) is 4.79 Å². The van der Waals surface area contributed by atoms with Crippen molar-refractivity contribution in [3.05, 3.63) is 53.0 Å². The van der Waals surface area contributed by atoms with E-state index in [0.29, 0.717) is 23.7 Å². The molecule has 0 spiro atoms. The van der Waals surface area contributed by atoms with Crippen LogP contribution in [0.3, 0.4) is 0 Å². The van der Waals surface area contributed by atoms with Crippen molar-refractivity contribution in [2.24, 2.45) is 0 Å². The fourth-order valence-corrected chi connectivity index (χ4v) is 3.24. The first-order valence-electron chi connectivity index (χ1n) is 7.61. The molecule has 1 aliphatic heterocycles. The van der Waals surface area contributed by atoms with E-state index in [2.05, 4.69) is 15.9 Å². The fourth-order valence-electron chi connectivity index (χ4n) is 2.90. The third-order valence-corrected chi connectivity index (χ3v) is 4.38. The Hall–Kier alpha value is -2.34. The molecule has 0 aliphatic carbocycles. The number of hydrogen-bond donors (Lipinski definition) is 0. The van der Waals surface area contributed by atoms with Gasteiger partial charge in [-0.2, -0.15) is 0 Å². The Labute approximate surface area is 148 Å². The molecule has 1 unspecified atom stereocenters. The number of rotatable bonds is 1. The number of halogens is 1. The molecule has 2 aromatic rings. The Morgan fingerprint density at radius 1 is 1.12 bits per heavy atom. The quantitative estimate of drug-likeness (QED) is 0.734. The van der Waals surface area contributed by atoms with E-state index in [4.69, 9.17) is 4.74 Å². The van der Waals surface area contributed by atoms with Gasteiger partial charge >= 0.3 is 6.09 Å². The number of carbonyl (C=O) groups is 2. The van der Waals surface area contributed by atoms with Crippen LogP contribution in [0.2, 0.25) is 0 Å². The van der Waals surface area contributed by atoms with E-state index in [1.165, 1.54) is 6.92 Å². The van der Waals surface area contributed by atoms with Gasteiger partial charge in [0.15, 0.2) is 0 Å². The third kappa shape index (κ3) is 3.14. The SMILES string of the molecule is CC(=O)N1c2ccc(Br)cc2N(C(=O)Oc2ccccc2)CC1C. The summed E-state index contributed by atoms with van der Waals surface area (Å²) >= 11 is 3.42. The second kappa shape index (κ2) is 6.65. The highest BCUT2D eigenvalue weighted by Gasteiger charge is 2.34. The summed E-state index contributed by atoms with van der Waals surface area (Å²) in [5.41, 5.74) is 1.35. The van der Waals surface area contributed by atoms with Crippen molar-refractivity contribution in [2.75, 3.05) is 16.3 Å². The lowest BCUT2D eigenvalue weighted by Crippen LogP contribution is -2.52. The summed E-state index contributed by atoms with van der Waals surface area (Å²) < 4.78 is 6.29. The second-order valence-corrected chi connectivity index (χ2v) is 6.58. The maximum atomic E-state index is 12.6. The summed E-state index contributed by atoms with van der Waals surface area (Å²) in [4.78, 5) is 27.9. The van der Waals surface area contributed by atoms with Gasteiger partial charge in [0, 0.05) is 17.9 Å². The van der Waals surface area contributed by atoms with Gasteiger partial charge in [-0.25, -0.2) is 4.79 Å². The highest BCUT2D eigenvalue weighted by molar-refractivity contribution is 9.10. The summed E-state index contributed by atoms with van der Waals surface area (Å²) in [5.74, 6) is 0.433. The number of hydrogen-bond acceptors (Lipinski definition) is 3. The Morgan fingerprint density at radius 2 is 1.83 bits per heavy atom. The van der Waals surface area contributed by atoms with Gasteiger partial charge in [-0.1, -0.05) is 34.1 Å². The molecular formula is C18H17BrN2O3. The summed E-state index contributed by atoms with van der Waals surface area (Å²) in [5, 5.41) is 0. The Balaban J connectivity index is 1.97. The Kier molecular flexibility index (Phi) is 4.57. The largest absolute Gasteiger partial charge is 0.419 e. The average molecular weight is 389 g/mol. The molecule has 1 aliphatic rings. The predicted molar refractivity (Wildman–Crippen MR) is 96.6 cm³/mol. The topological polar surface area (TPSA) is 49.9 Å². The van der Waals surface area contributed by atoms with Crippen LogP contribution >= 0.6 is 15.9 Å². The molecule has 0 fully saturated rings. The number of benzene rings is 2. The van der Waals surface area contributed by atoms with E-state index in [1.807, 2.05) is 43.3 Å². The lowest BCUT2D eigenvalue weighted by molar-refractivity contribution is -0.117. The molecule has 6 heteroatoms. The molecule has 0 N–H and O–H groups in total. The highest BCUT2D eigenvalue weighted by atomic mass is 79.9. The van der Waals surface area contributed by atoms with Gasteiger partial charge in [0.1, 0.15) is 5.75 Å². The van der Waals surface area contributed by atoms with Crippen molar-refractivity contribution in [1.29, 1.82) is 0 Å². The lowest BCUT2D eigenvalue weighted by atomic mass is 10.1. The zero-order chi connectivity index (χ0) is 17.3. The van der Waals surface area contributed by atoms with E-state index in [-0.39, 0.29) is 11.9 Å². The van der Waals surface area contributed by atoms with Crippen LogP contribution in [0.25, 0.3) is 0 Å². The van der Waals surface area contributed by atoms with Gasteiger partial charge in [0.05, 0.1) is 17.4 Å². The number of amides is 2. The molecule has 0 saturated heterocycles. The average Bonchev–Trinajstić information content (AvgIpc) is 2.54. The molecule has 0 radical (unpaired) electrons. The molecule has 24 heavy (non-hydrogen) atoms. The first-order chi connectivity index (χ1) is 11.5. The van der Waals surface area contributed by atoms with Gasteiger partial charge < -0.3 is 9.64 Å². The summed E-state index contributed by atoms with van der Waals surface area (Å²) in [6.45, 7) is 3.81. The van der Waals surface area contributed by atoms with E-state index < -0.39 is 6.09 Å². The Bertz CT molecular complexity index is 779. The molecule has 0 aromatic heterocycles. The molecule has 124 valence electrons. The van der Waals surface area contributed by atoms with Crippen LogP contribution in [0.4, 0.5) is 16.2 Å². The number of fused-ring (bicyclic) bond motifs is 1. The van der Waals surface area contributed by atoms with E-state index in [1.54, 1.807) is 21.9 Å². The van der Waals surface area contributed by atoms with Crippen LogP contribution in [0.15, 0.2) is 53.0 Å². The monoisotopic (exact) mass is 388 g/mol. The maximum Gasteiger partial charge on any atom is 0.419 e. The molecule has 1 heterocycles. The summed E-state index contributed by atoms with van der Waals surface area (Å²) in [6, 6.07) is 14.3. The van der Waals surface area contributed by atoms with Crippen molar-refractivity contribution in [3.63, 3.8) is 0 Å². The normalized spacial score (nSPS) is 16.5. The number of ether oxygens (including phenoxy) is 1. The summed E-state index contributed by atoms with van der Waals surface area (Å²) in [6.07, 6.45) is -0.462. The zero-order valence-electron chi connectivity index (χ0n) is 13.4. The first-order valence-corrected chi connectivity index (χ1v) is 8.40. The van der Waals surface area contributed by atoms with Crippen LogP contribution < -0.4 is 14.5 Å². The Morgan fingerprint density at radius 3 is 2.50 bits per heavy atom. The van der Waals surface area contributed by atoms with Gasteiger partial charge in [-0.15, -0.1) is 0 Å².